The first kappa shape index (κ1) is 12.4. The van der Waals surface area contributed by atoms with Crippen LogP contribution in [-0.2, 0) is 6.42 Å². The third-order valence-electron chi connectivity index (χ3n) is 2.36. The summed E-state index contributed by atoms with van der Waals surface area (Å²) >= 11 is 0. The van der Waals surface area contributed by atoms with Crippen LogP contribution in [0.5, 0.6) is 5.75 Å². The molecule has 1 aromatic heterocycles. The van der Waals surface area contributed by atoms with Gasteiger partial charge >= 0.3 is 5.97 Å². The number of carboxylic acid groups (broad SMARTS) is 1. The van der Waals surface area contributed by atoms with Gasteiger partial charge in [0.25, 0.3) is 0 Å². The van der Waals surface area contributed by atoms with E-state index in [-0.39, 0.29) is 11.3 Å². The summed E-state index contributed by atoms with van der Waals surface area (Å²) in [6.07, 6.45) is 2.07. The summed E-state index contributed by atoms with van der Waals surface area (Å²) in [6.45, 7) is 2.29. The van der Waals surface area contributed by atoms with Crippen molar-refractivity contribution in [3.8, 4) is 5.75 Å². The zero-order valence-corrected chi connectivity index (χ0v) is 9.69. The van der Waals surface area contributed by atoms with Gasteiger partial charge in [0.05, 0.1) is 5.69 Å². The highest BCUT2D eigenvalue weighted by molar-refractivity contribution is 5.92. The lowest BCUT2D eigenvalue weighted by atomic mass is 10.0. The van der Waals surface area contributed by atoms with Gasteiger partial charge in [0.1, 0.15) is 5.56 Å². The predicted molar refractivity (Wildman–Crippen MR) is 59.9 cm³/mol. The number of carboxylic acids is 1. The average Bonchev–Trinajstić information content (AvgIpc) is 2.19. The van der Waals surface area contributed by atoms with E-state index in [0.29, 0.717) is 24.2 Å². The molecule has 2 N–H and O–H groups in total. The van der Waals surface area contributed by atoms with Crippen molar-refractivity contribution in [3.05, 3.63) is 23.0 Å². The number of likely N-dealkylation sites (N-methyl/N-ethyl adjacent to an activating group) is 1. The number of nitrogens with zero attached hydrogens (tertiary/aromatic N) is 2. The van der Waals surface area contributed by atoms with Crippen LogP contribution in [0.3, 0.4) is 0 Å². The fourth-order valence-corrected chi connectivity index (χ4v) is 1.41. The normalized spacial score (nSPS) is 10.8. The van der Waals surface area contributed by atoms with Gasteiger partial charge in [-0.05, 0) is 33.0 Å². The predicted octanol–water partition coefficient (Wildman–Crippen LogP) is 0.898. The molecule has 0 unspecified atom stereocenters. The monoisotopic (exact) mass is 224 g/mol. The number of aromatic hydroxyl groups is 1. The highest BCUT2D eigenvalue weighted by Crippen LogP contribution is 2.23. The molecule has 0 aliphatic heterocycles. The van der Waals surface area contributed by atoms with Crippen molar-refractivity contribution in [1.29, 1.82) is 0 Å². The number of carbonyl (C=O) groups is 1. The molecule has 0 aliphatic rings. The maximum Gasteiger partial charge on any atom is 0.339 e. The van der Waals surface area contributed by atoms with E-state index < -0.39 is 5.97 Å². The molecule has 88 valence electrons. The molecule has 0 radical (unpaired) electrons. The molecule has 0 fully saturated rings. The largest absolute Gasteiger partial charge is 0.505 e. The van der Waals surface area contributed by atoms with Crippen LogP contribution in [0.25, 0.3) is 0 Å². The lowest BCUT2D eigenvalue weighted by Crippen LogP contribution is -2.17. The van der Waals surface area contributed by atoms with Gasteiger partial charge in [-0.25, -0.2) is 4.79 Å². The number of aromatic carboxylic acids is 1. The average molecular weight is 224 g/mol. The van der Waals surface area contributed by atoms with Crippen LogP contribution in [0.15, 0.2) is 6.20 Å². The molecule has 0 bridgehead atoms. The maximum atomic E-state index is 11.0. The summed E-state index contributed by atoms with van der Waals surface area (Å²) in [4.78, 5) is 17.0. The number of pyridine rings is 1. The molecule has 1 aromatic rings. The fraction of sp³-hybridized carbons (Fsp3) is 0.455. The molecular formula is C11H16N2O3. The molecule has 16 heavy (non-hydrogen) atoms. The van der Waals surface area contributed by atoms with E-state index in [1.165, 1.54) is 6.20 Å². The van der Waals surface area contributed by atoms with Crippen molar-refractivity contribution in [2.24, 2.45) is 0 Å². The second-order valence-electron chi connectivity index (χ2n) is 3.95. The molecular weight excluding hydrogens is 208 g/mol. The number of rotatable bonds is 4. The SMILES string of the molecule is Cc1ncc(CCN(C)C)c(C(=O)O)c1O. The summed E-state index contributed by atoms with van der Waals surface area (Å²) < 4.78 is 0. The number of hydrogen-bond acceptors (Lipinski definition) is 4. The topological polar surface area (TPSA) is 73.7 Å². The minimum Gasteiger partial charge on any atom is -0.505 e. The van der Waals surface area contributed by atoms with Gasteiger partial charge in [0.2, 0.25) is 0 Å². The smallest absolute Gasteiger partial charge is 0.339 e. The standard InChI is InChI=1S/C11H16N2O3/c1-7-10(14)9(11(15)16)8(6-12-7)4-5-13(2)3/h6,14H,4-5H2,1-3H3,(H,15,16). The summed E-state index contributed by atoms with van der Waals surface area (Å²) in [6, 6.07) is 0. The molecule has 0 atom stereocenters. The van der Waals surface area contributed by atoms with E-state index in [4.69, 9.17) is 5.11 Å². The molecule has 0 saturated carbocycles. The van der Waals surface area contributed by atoms with Crippen LogP contribution in [-0.4, -0.2) is 46.7 Å². The van der Waals surface area contributed by atoms with Gasteiger partial charge in [-0.15, -0.1) is 0 Å². The van der Waals surface area contributed by atoms with Crippen LogP contribution in [0.4, 0.5) is 0 Å². The summed E-state index contributed by atoms with van der Waals surface area (Å²) in [7, 11) is 3.81. The first-order valence-corrected chi connectivity index (χ1v) is 4.99. The van der Waals surface area contributed by atoms with Crippen molar-refractivity contribution >= 4 is 5.97 Å². The lowest BCUT2D eigenvalue weighted by molar-refractivity contribution is 0.0692. The maximum absolute atomic E-state index is 11.0. The highest BCUT2D eigenvalue weighted by Gasteiger charge is 2.17. The quantitative estimate of drug-likeness (QED) is 0.794. The zero-order valence-electron chi connectivity index (χ0n) is 9.69. The van der Waals surface area contributed by atoms with Crippen molar-refractivity contribution in [2.45, 2.75) is 13.3 Å². The Kier molecular flexibility index (Phi) is 3.84. The van der Waals surface area contributed by atoms with Crippen molar-refractivity contribution < 1.29 is 15.0 Å². The van der Waals surface area contributed by atoms with Gasteiger partial charge in [-0.3, -0.25) is 4.98 Å². The molecule has 0 amide bonds. The Bertz CT molecular complexity index is 402. The van der Waals surface area contributed by atoms with Gasteiger partial charge in [-0.1, -0.05) is 0 Å². The minimum absolute atomic E-state index is 0.0330. The molecule has 5 heteroatoms. The van der Waals surface area contributed by atoms with Crippen LogP contribution >= 0.6 is 0 Å². The van der Waals surface area contributed by atoms with E-state index in [0.717, 1.165) is 0 Å². The third kappa shape index (κ3) is 2.70. The van der Waals surface area contributed by atoms with Crippen LogP contribution in [0.2, 0.25) is 0 Å². The molecule has 0 aromatic carbocycles. The van der Waals surface area contributed by atoms with Crippen LogP contribution in [0, 0.1) is 6.92 Å². The lowest BCUT2D eigenvalue weighted by Gasteiger charge is -2.12. The van der Waals surface area contributed by atoms with E-state index in [1.54, 1.807) is 6.92 Å². The van der Waals surface area contributed by atoms with Crippen molar-refractivity contribution in [1.82, 2.24) is 9.88 Å². The molecule has 0 spiro atoms. The fourth-order valence-electron chi connectivity index (χ4n) is 1.41. The second-order valence-corrected chi connectivity index (χ2v) is 3.95. The number of aromatic nitrogens is 1. The Morgan fingerprint density at radius 2 is 2.12 bits per heavy atom. The summed E-state index contributed by atoms with van der Waals surface area (Å²) in [5.41, 5.74) is 0.865. The Morgan fingerprint density at radius 1 is 1.50 bits per heavy atom. The Morgan fingerprint density at radius 3 is 2.62 bits per heavy atom. The van der Waals surface area contributed by atoms with E-state index >= 15 is 0 Å². The van der Waals surface area contributed by atoms with Crippen molar-refractivity contribution in [2.75, 3.05) is 20.6 Å². The summed E-state index contributed by atoms with van der Waals surface area (Å²) in [5.74, 6) is -1.35. The van der Waals surface area contributed by atoms with E-state index in [9.17, 15) is 9.90 Å². The first-order chi connectivity index (χ1) is 7.43. The molecule has 1 heterocycles. The van der Waals surface area contributed by atoms with Gasteiger partial charge in [0, 0.05) is 12.7 Å². The first-order valence-electron chi connectivity index (χ1n) is 4.99. The van der Waals surface area contributed by atoms with Crippen LogP contribution in [0.1, 0.15) is 21.6 Å². The van der Waals surface area contributed by atoms with E-state index in [2.05, 4.69) is 4.98 Å². The Hall–Kier alpha value is -1.62. The zero-order chi connectivity index (χ0) is 12.3. The Labute approximate surface area is 94.4 Å². The van der Waals surface area contributed by atoms with Gasteiger partial charge in [-0.2, -0.15) is 0 Å². The highest BCUT2D eigenvalue weighted by atomic mass is 16.4. The van der Waals surface area contributed by atoms with E-state index in [1.807, 2.05) is 19.0 Å². The number of hydrogen-bond donors (Lipinski definition) is 2. The van der Waals surface area contributed by atoms with Gasteiger partial charge < -0.3 is 15.1 Å². The number of aryl methyl sites for hydroxylation is 1. The van der Waals surface area contributed by atoms with Crippen molar-refractivity contribution in [3.63, 3.8) is 0 Å². The molecule has 0 aliphatic carbocycles. The summed E-state index contributed by atoms with van der Waals surface area (Å²) in [5, 5.41) is 18.7. The third-order valence-corrected chi connectivity index (χ3v) is 2.36. The minimum atomic E-state index is -1.11. The molecule has 0 saturated heterocycles. The van der Waals surface area contributed by atoms with Crippen LogP contribution < -0.4 is 0 Å². The second kappa shape index (κ2) is 4.94. The Balaban J connectivity index is 3.08. The van der Waals surface area contributed by atoms with Gasteiger partial charge in [0.15, 0.2) is 5.75 Å². The molecule has 5 nitrogen and oxygen atoms in total. The molecule has 1 rings (SSSR count).